The SMILES string of the molecule is CCOCn1cc(C(N)=S)c2c(OCC)ncnc21. The van der Waals surface area contributed by atoms with E-state index in [2.05, 4.69) is 9.97 Å². The van der Waals surface area contributed by atoms with Crippen LogP contribution >= 0.6 is 12.2 Å². The second-order valence-corrected chi connectivity index (χ2v) is 4.25. The van der Waals surface area contributed by atoms with Crippen molar-refractivity contribution in [1.29, 1.82) is 0 Å². The Morgan fingerprint density at radius 2 is 2.16 bits per heavy atom. The van der Waals surface area contributed by atoms with Gasteiger partial charge in [0.2, 0.25) is 5.88 Å². The van der Waals surface area contributed by atoms with Gasteiger partial charge in [-0.2, -0.15) is 0 Å². The van der Waals surface area contributed by atoms with Gasteiger partial charge in [-0.1, -0.05) is 12.2 Å². The first-order valence-electron chi connectivity index (χ1n) is 6.03. The van der Waals surface area contributed by atoms with Crippen LogP contribution in [0.15, 0.2) is 12.5 Å². The van der Waals surface area contributed by atoms with E-state index in [1.807, 2.05) is 24.6 Å². The summed E-state index contributed by atoms with van der Waals surface area (Å²) < 4.78 is 12.8. The van der Waals surface area contributed by atoms with Crippen molar-refractivity contribution in [3.8, 4) is 5.88 Å². The minimum atomic E-state index is 0.288. The van der Waals surface area contributed by atoms with E-state index >= 15 is 0 Å². The Morgan fingerprint density at radius 1 is 1.37 bits per heavy atom. The maximum absolute atomic E-state index is 5.75. The third-order valence-electron chi connectivity index (χ3n) is 2.60. The summed E-state index contributed by atoms with van der Waals surface area (Å²) in [6.07, 6.45) is 3.28. The summed E-state index contributed by atoms with van der Waals surface area (Å²) in [5.74, 6) is 0.491. The molecule has 0 saturated carbocycles. The van der Waals surface area contributed by atoms with E-state index in [4.69, 9.17) is 27.4 Å². The van der Waals surface area contributed by atoms with E-state index in [0.29, 0.717) is 37.0 Å². The summed E-state index contributed by atoms with van der Waals surface area (Å²) in [4.78, 5) is 8.68. The Kier molecular flexibility index (Phi) is 4.28. The number of thiocarbonyl (C=S) groups is 1. The van der Waals surface area contributed by atoms with E-state index in [1.54, 1.807) is 0 Å². The number of hydrogen-bond acceptors (Lipinski definition) is 5. The van der Waals surface area contributed by atoms with Gasteiger partial charge in [-0.3, -0.25) is 0 Å². The van der Waals surface area contributed by atoms with Crippen LogP contribution in [0.1, 0.15) is 19.4 Å². The second kappa shape index (κ2) is 5.94. The zero-order valence-corrected chi connectivity index (χ0v) is 11.7. The lowest BCUT2D eigenvalue weighted by Gasteiger charge is -2.06. The third kappa shape index (κ3) is 2.66. The molecule has 0 aliphatic heterocycles. The highest BCUT2D eigenvalue weighted by Gasteiger charge is 2.17. The van der Waals surface area contributed by atoms with Gasteiger partial charge >= 0.3 is 0 Å². The van der Waals surface area contributed by atoms with E-state index in [9.17, 15) is 0 Å². The van der Waals surface area contributed by atoms with Crippen LogP contribution in [-0.4, -0.2) is 32.7 Å². The molecular formula is C12H16N4O2S. The molecule has 0 spiro atoms. The monoisotopic (exact) mass is 280 g/mol. The molecule has 6 nitrogen and oxygen atoms in total. The highest BCUT2D eigenvalue weighted by atomic mass is 32.1. The first-order valence-corrected chi connectivity index (χ1v) is 6.44. The van der Waals surface area contributed by atoms with Crippen molar-refractivity contribution < 1.29 is 9.47 Å². The summed E-state index contributed by atoms with van der Waals surface area (Å²) in [5, 5.41) is 0.733. The Labute approximate surface area is 116 Å². The standard InChI is InChI=1S/C12H16N4O2S/c1-3-17-7-16-5-8(10(13)19)9-11(16)14-6-15-12(9)18-4-2/h5-6H,3-4,7H2,1-2H3,(H2,13,19). The largest absolute Gasteiger partial charge is 0.477 e. The highest BCUT2D eigenvalue weighted by Crippen LogP contribution is 2.27. The molecule has 0 atom stereocenters. The molecule has 0 aromatic carbocycles. The van der Waals surface area contributed by atoms with Crippen LogP contribution in [0, 0.1) is 0 Å². The molecule has 2 aromatic rings. The van der Waals surface area contributed by atoms with Gasteiger partial charge in [-0.05, 0) is 13.8 Å². The van der Waals surface area contributed by atoms with Crippen LogP contribution in [0.4, 0.5) is 0 Å². The van der Waals surface area contributed by atoms with Gasteiger partial charge in [-0.15, -0.1) is 0 Å². The molecule has 0 fully saturated rings. The quantitative estimate of drug-likeness (QED) is 0.807. The molecule has 2 rings (SSSR count). The average Bonchev–Trinajstić information content (AvgIpc) is 2.77. The summed E-state index contributed by atoms with van der Waals surface area (Å²) in [6.45, 7) is 5.34. The number of fused-ring (bicyclic) bond motifs is 1. The summed E-state index contributed by atoms with van der Waals surface area (Å²) in [5.41, 5.74) is 7.16. The van der Waals surface area contributed by atoms with E-state index in [0.717, 1.165) is 5.39 Å². The maximum Gasteiger partial charge on any atom is 0.226 e. The molecule has 0 aliphatic carbocycles. The molecule has 0 bridgehead atoms. The van der Waals surface area contributed by atoms with Crippen LogP contribution in [0.25, 0.3) is 11.0 Å². The predicted molar refractivity (Wildman–Crippen MR) is 76.2 cm³/mol. The minimum absolute atomic E-state index is 0.288. The number of ether oxygens (including phenoxy) is 2. The van der Waals surface area contributed by atoms with Crippen LogP contribution < -0.4 is 10.5 Å². The van der Waals surface area contributed by atoms with Crippen molar-refractivity contribution in [3.05, 3.63) is 18.1 Å². The molecular weight excluding hydrogens is 264 g/mol. The van der Waals surface area contributed by atoms with Gasteiger partial charge in [0.1, 0.15) is 23.7 Å². The number of aromatic nitrogens is 3. The van der Waals surface area contributed by atoms with E-state index < -0.39 is 0 Å². The predicted octanol–water partition coefficient (Wildman–Crippen LogP) is 1.46. The molecule has 2 aromatic heterocycles. The first-order chi connectivity index (χ1) is 9.19. The van der Waals surface area contributed by atoms with Crippen molar-refractivity contribution in [1.82, 2.24) is 14.5 Å². The second-order valence-electron chi connectivity index (χ2n) is 3.81. The van der Waals surface area contributed by atoms with Crippen molar-refractivity contribution in [3.63, 3.8) is 0 Å². The van der Waals surface area contributed by atoms with Crippen molar-refractivity contribution in [2.24, 2.45) is 5.73 Å². The lowest BCUT2D eigenvalue weighted by molar-refractivity contribution is 0.0905. The lowest BCUT2D eigenvalue weighted by Crippen LogP contribution is -2.09. The Bertz CT molecular complexity index is 597. The van der Waals surface area contributed by atoms with Crippen LogP contribution in [0.5, 0.6) is 5.88 Å². The van der Waals surface area contributed by atoms with Gasteiger partial charge in [0.15, 0.2) is 0 Å². The topological polar surface area (TPSA) is 75.2 Å². The molecule has 2 heterocycles. The van der Waals surface area contributed by atoms with Crippen molar-refractivity contribution in [2.75, 3.05) is 13.2 Å². The van der Waals surface area contributed by atoms with Crippen molar-refractivity contribution in [2.45, 2.75) is 20.6 Å². The van der Waals surface area contributed by atoms with E-state index in [1.165, 1.54) is 6.33 Å². The van der Waals surface area contributed by atoms with Gasteiger partial charge in [0, 0.05) is 18.4 Å². The fourth-order valence-electron chi connectivity index (χ4n) is 1.82. The number of nitrogens with two attached hydrogens (primary N) is 1. The zero-order valence-electron chi connectivity index (χ0n) is 10.9. The molecule has 0 saturated heterocycles. The Morgan fingerprint density at radius 3 is 2.79 bits per heavy atom. The highest BCUT2D eigenvalue weighted by molar-refractivity contribution is 7.80. The molecule has 0 aliphatic rings. The molecule has 0 amide bonds. The minimum Gasteiger partial charge on any atom is -0.477 e. The number of hydrogen-bond donors (Lipinski definition) is 1. The third-order valence-corrected chi connectivity index (χ3v) is 2.82. The van der Waals surface area contributed by atoms with Crippen LogP contribution in [0.2, 0.25) is 0 Å². The van der Waals surface area contributed by atoms with Gasteiger partial charge in [0.05, 0.1) is 12.0 Å². The fourth-order valence-corrected chi connectivity index (χ4v) is 1.97. The molecule has 7 heteroatoms. The van der Waals surface area contributed by atoms with Crippen LogP contribution in [-0.2, 0) is 11.5 Å². The number of rotatable bonds is 6. The van der Waals surface area contributed by atoms with E-state index in [-0.39, 0.29) is 4.99 Å². The summed E-state index contributed by atoms with van der Waals surface area (Å²) >= 11 is 5.07. The Balaban J connectivity index is 2.60. The first kappa shape index (κ1) is 13.7. The maximum atomic E-state index is 5.75. The Hall–Kier alpha value is -1.73. The fraction of sp³-hybridized carbons (Fsp3) is 0.417. The molecule has 19 heavy (non-hydrogen) atoms. The molecule has 0 radical (unpaired) electrons. The number of nitrogens with zero attached hydrogens (tertiary/aromatic N) is 3. The van der Waals surface area contributed by atoms with Crippen molar-refractivity contribution >= 4 is 28.2 Å². The van der Waals surface area contributed by atoms with Gasteiger partial charge in [0.25, 0.3) is 0 Å². The smallest absolute Gasteiger partial charge is 0.226 e. The van der Waals surface area contributed by atoms with Crippen LogP contribution in [0.3, 0.4) is 0 Å². The molecule has 0 unspecified atom stereocenters. The summed E-state index contributed by atoms with van der Waals surface area (Å²) in [6, 6.07) is 0. The lowest BCUT2D eigenvalue weighted by atomic mass is 10.2. The molecule has 102 valence electrons. The zero-order chi connectivity index (χ0) is 13.8. The summed E-state index contributed by atoms with van der Waals surface area (Å²) in [7, 11) is 0. The normalized spacial score (nSPS) is 10.8. The average molecular weight is 280 g/mol. The molecule has 2 N–H and O–H groups in total. The van der Waals surface area contributed by atoms with Gasteiger partial charge in [-0.25, -0.2) is 9.97 Å². The van der Waals surface area contributed by atoms with Gasteiger partial charge < -0.3 is 19.8 Å².